The minimum atomic E-state index is 0.174. The number of nitriles is 1. The Morgan fingerprint density at radius 1 is 1.50 bits per heavy atom. The van der Waals surface area contributed by atoms with Crippen LogP contribution >= 0.6 is 24.0 Å². The molecule has 4 heteroatoms. The molecule has 1 aromatic carbocycles. The van der Waals surface area contributed by atoms with Crippen LogP contribution in [0.4, 0.5) is 0 Å². The van der Waals surface area contributed by atoms with E-state index in [2.05, 4.69) is 12.6 Å². The summed E-state index contributed by atoms with van der Waals surface area (Å²) in [5.41, 5.74) is 0.677. The molecular weight excluding hydrogens is 214 g/mol. The van der Waals surface area contributed by atoms with Gasteiger partial charge < -0.3 is 5.11 Å². The highest BCUT2D eigenvalue weighted by atomic mass is 32.1. The van der Waals surface area contributed by atoms with Gasteiger partial charge in [0.2, 0.25) is 0 Å². The van der Waals surface area contributed by atoms with Crippen molar-refractivity contribution in [3.8, 4) is 11.8 Å². The SMILES string of the molecule is N#CCc1c(O)ccc2scc(S)c12. The maximum Gasteiger partial charge on any atom is 0.120 e. The van der Waals surface area contributed by atoms with Crippen molar-refractivity contribution in [1.29, 1.82) is 5.26 Å². The molecule has 2 rings (SSSR count). The molecule has 1 heterocycles. The van der Waals surface area contributed by atoms with E-state index in [0.717, 1.165) is 15.0 Å². The smallest absolute Gasteiger partial charge is 0.120 e. The molecule has 14 heavy (non-hydrogen) atoms. The molecule has 0 spiro atoms. The first kappa shape index (κ1) is 9.38. The van der Waals surface area contributed by atoms with Crippen LogP contribution in [0.2, 0.25) is 0 Å². The Balaban J connectivity index is 2.81. The van der Waals surface area contributed by atoms with E-state index < -0.39 is 0 Å². The highest BCUT2D eigenvalue weighted by Crippen LogP contribution is 2.35. The summed E-state index contributed by atoms with van der Waals surface area (Å²) >= 11 is 5.87. The lowest BCUT2D eigenvalue weighted by atomic mass is 10.1. The average molecular weight is 221 g/mol. The number of phenolic OH excluding ortho intramolecular Hbond substituents is 1. The lowest BCUT2D eigenvalue weighted by Gasteiger charge is -2.02. The lowest BCUT2D eigenvalue weighted by molar-refractivity contribution is 0.471. The maximum atomic E-state index is 9.60. The van der Waals surface area contributed by atoms with E-state index in [9.17, 15) is 5.11 Å². The molecule has 0 saturated carbocycles. The van der Waals surface area contributed by atoms with Gasteiger partial charge in [0.25, 0.3) is 0 Å². The third-order valence-corrected chi connectivity index (χ3v) is 3.53. The van der Waals surface area contributed by atoms with Gasteiger partial charge in [-0.1, -0.05) is 0 Å². The fourth-order valence-corrected chi connectivity index (χ4v) is 2.77. The van der Waals surface area contributed by atoms with Crippen LogP contribution in [0.25, 0.3) is 10.1 Å². The van der Waals surface area contributed by atoms with E-state index in [4.69, 9.17) is 5.26 Å². The van der Waals surface area contributed by atoms with Crippen molar-refractivity contribution < 1.29 is 5.11 Å². The molecule has 0 fully saturated rings. The molecule has 0 radical (unpaired) electrons. The van der Waals surface area contributed by atoms with Crippen LogP contribution in [0.3, 0.4) is 0 Å². The zero-order chi connectivity index (χ0) is 10.1. The summed E-state index contributed by atoms with van der Waals surface area (Å²) < 4.78 is 1.05. The van der Waals surface area contributed by atoms with Gasteiger partial charge in [-0.05, 0) is 12.1 Å². The van der Waals surface area contributed by atoms with Crippen LogP contribution in [-0.4, -0.2) is 5.11 Å². The predicted molar refractivity (Wildman–Crippen MR) is 60.1 cm³/mol. The van der Waals surface area contributed by atoms with Crippen molar-refractivity contribution in [2.45, 2.75) is 11.3 Å². The summed E-state index contributed by atoms with van der Waals surface area (Å²) in [5, 5.41) is 21.1. The van der Waals surface area contributed by atoms with Crippen LogP contribution in [0, 0.1) is 11.3 Å². The number of rotatable bonds is 1. The highest BCUT2D eigenvalue weighted by molar-refractivity contribution is 7.80. The molecule has 1 N–H and O–H groups in total. The van der Waals surface area contributed by atoms with Gasteiger partial charge in [-0.25, -0.2) is 0 Å². The summed E-state index contributed by atoms with van der Waals surface area (Å²) in [6.45, 7) is 0. The molecule has 0 saturated heterocycles. The number of thiophene rings is 1. The fraction of sp³-hybridized carbons (Fsp3) is 0.100. The lowest BCUT2D eigenvalue weighted by Crippen LogP contribution is -1.84. The Bertz CT molecular complexity index is 525. The Morgan fingerprint density at radius 2 is 2.29 bits per heavy atom. The highest BCUT2D eigenvalue weighted by Gasteiger charge is 2.10. The van der Waals surface area contributed by atoms with Gasteiger partial charge in [0.15, 0.2) is 0 Å². The molecule has 2 aromatic rings. The van der Waals surface area contributed by atoms with Gasteiger partial charge >= 0.3 is 0 Å². The minimum Gasteiger partial charge on any atom is -0.508 e. The average Bonchev–Trinajstić information content (AvgIpc) is 2.53. The normalized spacial score (nSPS) is 10.3. The number of aromatic hydroxyl groups is 1. The first-order chi connectivity index (χ1) is 6.74. The maximum absolute atomic E-state index is 9.60. The van der Waals surface area contributed by atoms with E-state index in [1.54, 1.807) is 17.4 Å². The van der Waals surface area contributed by atoms with Gasteiger partial charge in [0.05, 0.1) is 12.5 Å². The molecule has 1 aromatic heterocycles. The summed E-state index contributed by atoms with van der Waals surface area (Å²) in [6, 6.07) is 5.51. The van der Waals surface area contributed by atoms with Crippen molar-refractivity contribution in [3.05, 3.63) is 23.1 Å². The molecule has 0 amide bonds. The largest absolute Gasteiger partial charge is 0.508 e. The van der Waals surface area contributed by atoms with Gasteiger partial charge in [-0.2, -0.15) is 5.26 Å². The Labute approximate surface area is 90.8 Å². The Hall–Kier alpha value is -1.18. The number of phenols is 1. The third-order valence-electron chi connectivity index (χ3n) is 2.06. The molecule has 0 atom stereocenters. The second kappa shape index (κ2) is 3.52. The first-order valence-corrected chi connectivity index (χ1v) is 5.34. The molecular formula is C10H7NOS2. The molecule has 0 bridgehead atoms. The first-order valence-electron chi connectivity index (χ1n) is 4.02. The fourth-order valence-electron chi connectivity index (χ4n) is 1.43. The summed E-state index contributed by atoms with van der Waals surface area (Å²) in [4.78, 5) is 0.825. The van der Waals surface area contributed by atoms with Crippen molar-refractivity contribution >= 4 is 34.1 Å². The topological polar surface area (TPSA) is 44.0 Å². The third kappa shape index (κ3) is 1.35. The van der Waals surface area contributed by atoms with Crippen LogP contribution in [0.15, 0.2) is 22.4 Å². The van der Waals surface area contributed by atoms with Gasteiger partial charge in [-0.3, -0.25) is 0 Å². The second-order valence-electron chi connectivity index (χ2n) is 2.89. The van der Waals surface area contributed by atoms with Crippen LogP contribution in [-0.2, 0) is 6.42 Å². The monoisotopic (exact) mass is 221 g/mol. The quantitative estimate of drug-likeness (QED) is 0.727. The molecule has 0 aliphatic heterocycles. The summed E-state index contributed by atoms with van der Waals surface area (Å²) in [6.07, 6.45) is 0.216. The number of hydrogen-bond acceptors (Lipinski definition) is 4. The van der Waals surface area contributed by atoms with Crippen LogP contribution in [0.5, 0.6) is 5.75 Å². The van der Waals surface area contributed by atoms with Crippen LogP contribution < -0.4 is 0 Å². The van der Waals surface area contributed by atoms with Crippen molar-refractivity contribution in [3.63, 3.8) is 0 Å². The molecule has 2 nitrogen and oxygen atoms in total. The Morgan fingerprint density at radius 3 is 3.00 bits per heavy atom. The van der Waals surface area contributed by atoms with E-state index in [1.807, 2.05) is 17.5 Å². The minimum absolute atomic E-state index is 0.174. The van der Waals surface area contributed by atoms with Gasteiger partial charge in [0, 0.05) is 25.9 Å². The van der Waals surface area contributed by atoms with Crippen molar-refractivity contribution in [2.75, 3.05) is 0 Å². The van der Waals surface area contributed by atoms with E-state index in [1.165, 1.54) is 0 Å². The summed E-state index contributed by atoms with van der Waals surface area (Å²) in [7, 11) is 0. The van der Waals surface area contributed by atoms with E-state index in [-0.39, 0.29) is 12.2 Å². The van der Waals surface area contributed by atoms with Gasteiger partial charge in [0.1, 0.15) is 5.75 Å². The van der Waals surface area contributed by atoms with Crippen molar-refractivity contribution in [2.24, 2.45) is 0 Å². The number of hydrogen-bond donors (Lipinski definition) is 2. The van der Waals surface area contributed by atoms with E-state index >= 15 is 0 Å². The number of benzene rings is 1. The summed E-state index contributed by atoms with van der Waals surface area (Å²) in [5.74, 6) is 0.174. The zero-order valence-corrected chi connectivity index (χ0v) is 8.90. The predicted octanol–water partition coefficient (Wildman–Crippen LogP) is 2.96. The standard InChI is InChI=1S/C10H7NOS2/c11-4-3-6-7(12)1-2-9-10(6)8(13)5-14-9/h1-2,5,12-13H,3H2. The molecule has 0 unspecified atom stereocenters. The zero-order valence-electron chi connectivity index (χ0n) is 7.19. The molecule has 0 aliphatic rings. The van der Waals surface area contributed by atoms with Crippen molar-refractivity contribution in [1.82, 2.24) is 0 Å². The number of nitrogens with zero attached hydrogens (tertiary/aromatic N) is 1. The van der Waals surface area contributed by atoms with Gasteiger partial charge in [-0.15, -0.1) is 24.0 Å². The molecule has 0 aliphatic carbocycles. The molecule has 70 valence electrons. The second-order valence-corrected chi connectivity index (χ2v) is 4.29. The van der Waals surface area contributed by atoms with Crippen LogP contribution in [0.1, 0.15) is 5.56 Å². The number of fused-ring (bicyclic) bond motifs is 1. The Kier molecular flexibility index (Phi) is 2.36. The van der Waals surface area contributed by atoms with E-state index in [0.29, 0.717) is 5.56 Å². The number of thiol groups is 1.